The van der Waals surface area contributed by atoms with E-state index >= 15 is 0 Å². The number of nitrogens with zero attached hydrogens (tertiary/aromatic N) is 1. The fraction of sp³-hybridized carbons (Fsp3) is 0.682. The maximum absolute atomic E-state index is 12.2. The number of hydrogen-bond donors (Lipinski definition) is 2. The number of benzene rings is 1. The van der Waals surface area contributed by atoms with Gasteiger partial charge in [0.05, 0.1) is 12.6 Å². The Kier molecular flexibility index (Phi) is 7.96. The zero-order valence-electron chi connectivity index (χ0n) is 16.7. The Labute approximate surface area is 163 Å². The first-order valence-corrected chi connectivity index (χ1v) is 10.7. The van der Waals surface area contributed by atoms with Crippen LogP contribution in [0.1, 0.15) is 51.0 Å². The molecule has 0 aliphatic carbocycles. The normalized spacial score (nSPS) is 23.3. The van der Waals surface area contributed by atoms with Gasteiger partial charge in [0.25, 0.3) is 0 Å². The van der Waals surface area contributed by atoms with Crippen LogP contribution < -0.4 is 15.4 Å². The van der Waals surface area contributed by atoms with Gasteiger partial charge in [0.2, 0.25) is 5.91 Å². The van der Waals surface area contributed by atoms with E-state index in [0.29, 0.717) is 5.92 Å². The van der Waals surface area contributed by atoms with Gasteiger partial charge >= 0.3 is 0 Å². The molecule has 0 unspecified atom stereocenters. The van der Waals surface area contributed by atoms with Crippen LogP contribution in [-0.4, -0.2) is 49.6 Å². The average Bonchev–Trinajstić information content (AvgIpc) is 3.23. The highest BCUT2D eigenvalue weighted by Gasteiger charge is 2.24. The van der Waals surface area contributed by atoms with Gasteiger partial charge in [-0.3, -0.25) is 9.69 Å². The number of ether oxygens (including phenoxy) is 1. The zero-order valence-corrected chi connectivity index (χ0v) is 16.7. The number of carbonyl (C=O) groups is 1. The Morgan fingerprint density at radius 2 is 2.11 bits per heavy atom. The first kappa shape index (κ1) is 20.2. The van der Waals surface area contributed by atoms with Crippen LogP contribution in [0.4, 0.5) is 0 Å². The predicted molar refractivity (Wildman–Crippen MR) is 109 cm³/mol. The fourth-order valence-electron chi connectivity index (χ4n) is 4.02. The molecule has 0 saturated carbocycles. The molecular formula is C22H35N3O2. The molecule has 27 heavy (non-hydrogen) atoms. The standard InChI is InChI=1S/C22H35N3O2/c1-2-3-14-27-20-10-8-18(9-11-20)16-25-13-5-6-19(17-25)15-24-22(26)21-7-4-12-23-21/h8-11,19,21,23H,2-7,12-17H2,1H3,(H,24,26)/t19-,21+/m0/s1. The third-order valence-electron chi connectivity index (χ3n) is 5.64. The first-order chi connectivity index (χ1) is 13.2. The molecule has 2 fully saturated rings. The van der Waals surface area contributed by atoms with Crippen molar-refractivity contribution in [3.05, 3.63) is 29.8 Å². The van der Waals surface area contributed by atoms with Crippen molar-refractivity contribution in [2.45, 2.75) is 58.0 Å². The predicted octanol–water partition coefficient (Wildman–Crippen LogP) is 2.95. The first-order valence-electron chi connectivity index (χ1n) is 10.7. The van der Waals surface area contributed by atoms with E-state index in [4.69, 9.17) is 4.74 Å². The van der Waals surface area contributed by atoms with Crippen molar-refractivity contribution in [1.29, 1.82) is 0 Å². The molecule has 2 aliphatic heterocycles. The minimum Gasteiger partial charge on any atom is -0.494 e. The van der Waals surface area contributed by atoms with Crippen molar-refractivity contribution in [3.63, 3.8) is 0 Å². The largest absolute Gasteiger partial charge is 0.494 e. The van der Waals surface area contributed by atoms with Gasteiger partial charge in [0.15, 0.2) is 0 Å². The number of hydrogen-bond acceptors (Lipinski definition) is 4. The Hall–Kier alpha value is -1.59. The molecule has 1 aromatic rings. The lowest BCUT2D eigenvalue weighted by Gasteiger charge is -2.33. The van der Waals surface area contributed by atoms with E-state index in [0.717, 1.165) is 70.8 Å². The summed E-state index contributed by atoms with van der Waals surface area (Å²) < 4.78 is 5.75. The van der Waals surface area contributed by atoms with Crippen molar-refractivity contribution in [1.82, 2.24) is 15.5 Å². The van der Waals surface area contributed by atoms with Crippen molar-refractivity contribution in [3.8, 4) is 5.75 Å². The lowest BCUT2D eigenvalue weighted by atomic mass is 9.97. The number of carbonyl (C=O) groups excluding carboxylic acids is 1. The van der Waals surface area contributed by atoms with E-state index in [-0.39, 0.29) is 11.9 Å². The maximum atomic E-state index is 12.2. The molecule has 2 N–H and O–H groups in total. The van der Waals surface area contributed by atoms with Crippen LogP contribution in [0.25, 0.3) is 0 Å². The molecule has 150 valence electrons. The molecular weight excluding hydrogens is 338 g/mol. The molecule has 0 spiro atoms. The molecule has 0 aromatic heterocycles. The van der Waals surface area contributed by atoms with Gasteiger partial charge < -0.3 is 15.4 Å². The number of rotatable bonds is 9. The van der Waals surface area contributed by atoms with E-state index < -0.39 is 0 Å². The topological polar surface area (TPSA) is 53.6 Å². The molecule has 2 heterocycles. The van der Waals surface area contributed by atoms with Crippen LogP contribution in [0, 0.1) is 5.92 Å². The summed E-state index contributed by atoms with van der Waals surface area (Å²) in [6, 6.07) is 8.56. The van der Waals surface area contributed by atoms with Gasteiger partial charge in [-0.05, 0) is 68.8 Å². The van der Waals surface area contributed by atoms with Gasteiger partial charge in [-0.2, -0.15) is 0 Å². The van der Waals surface area contributed by atoms with Crippen molar-refractivity contribution in [2.75, 3.05) is 32.8 Å². The van der Waals surface area contributed by atoms with Crippen LogP contribution in [0.3, 0.4) is 0 Å². The third-order valence-corrected chi connectivity index (χ3v) is 5.64. The quantitative estimate of drug-likeness (QED) is 0.654. The van der Waals surface area contributed by atoms with Crippen molar-refractivity contribution < 1.29 is 9.53 Å². The number of amides is 1. The maximum Gasteiger partial charge on any atom is 0.237 e. The van der Waals surface area contributed by atoms with E-state index in [2.05, 4.69) is 46.7 Å². The zero-order chi connectivity index (χ0) is 18.9. The lowest BCUT2D eigenvalue weighted by Crippen LogP contribution is -2.45. The summed E-state index contributed by atoms with van der Waals surface area (Å²) in [4.78, 5) is 14.7. The Bertz CT molecular complexity index is 569. The minimum absolute atomic E-state index is 0.0303. The smallest absolute Gasteiger partial charge is 0.237 e. The second-order valence-electron chi connectivity index (χ2n) is 7.98. The van der Waals surface area contributed by atoms with E-state index in [1.54, 1.807) is 0 Å². The molecule has 2 aliphatic rings. The SMILES string of the molecule is CCCCOc1ccc(CN2CCC[C@@H](CNC(=O)[C@H]3CCCN3)C2)cc1. The lowest BCUT2D eigenvalue weighted by molar-refractivity contribution is -0.123. The minimum atomic E-state index is 0.0303. The molecule has 1 aromatic carbocycles. The Morgan fingerprint density at radius 3 is 2.85 bits per heavy atom. The molecule has 3 rings (SSSR count). The van der Waals surface area contributed by atoms with Crippen molar-refractivity contribution >= 4 is 5.91 Å². The van der Waals surface area contributed by atoms with Crippen LogP contribution in [0.2, 0.25) is 0 Å². The second kappa shape index (κ2) is 10.7. The van der Waals surface area contributed by atoms with Crippen LogP contribution >= 0.6 is 0 Å². The van der Waals surface area contributed by atoms with Gasteiger partial charge in [0, 0.05) is 19.6 Å². The van der Waals surface area contributed by atoms with Crippen LogP contribution in [-0.2, 0) is 11.3 Å². The number of nitrogens with one attached hydrogen (secondary N) is 2. The fourth-order valence-corrected chi connectivity index (χ4v) is 4.02. The second-order valence-corrected chi connectivity index (χ2v) is 7.98. The van der Waals surface area contributed by atoms with Gasteiger partial charge in [0.1, 0.15) is 5.75 Å². The molecule has 0 radical (unpaired) electrons. The molecule has 5 nitrogen and oxygen atoms in total. The summed E-state index contributed by atoms with van der Waals surface area (Å²) in [5, 5.41) is 6.44. The third kappa shape index (κ3) is 6.51. The summed E-state index contributed by atoms with van der Waals surface area (Å²) in [6.07, 6.45) is 6.76. The van der Waals surface area contributed by atoms with Crippen LogP contribution in [0.15, 0.2) is 24.3 Å². The average molecular weight is 374 g/mol. The van der Waals surface area contributed by atoms with E-state index in [1.165, 1.54) is 18.4 Å². The monoisotopic (exact) mass is 373 g/mol. The molecule has 5 heteroatoms. The number of piperidine rings is 1. The summed E-state index contributed by atoms with van der Waals surface area (Å²) in [5.41, 5.74) is 1.33. The van der Waals surface area contributed by atoms with Crippen molar-refractivity contribution in [2.24, 2.45) is 5.92 Å². The molecule has 2 atom stereocenters. The molecule has 0 bridgehead atoms. The summed E-state index contributed by atoms with van der Waals surface area (Å²) >= 11 is 0. The van der Waals surface area contributed by atoms with E-state index in [1.807, 2.05) is 0 Å². The Morgan fingerprint density at radius 1 is 1.26 bits per heavy atom. The van der Waals surface area contributed by atoms with Gasteiger partial charge in [-0.25, -0.2) is 0 Å². The molecule has 1 amide bonds. The molecule has 2 saturated heterocycles. The summed E-state index contributed by atoms with van der Waals surface area (Å²) in [5.74, 6) is 1.70. The van der Waals surface area contributed by atoms with E-state index in [9.17, 15) is 4.79 Å². The summed E-state index contributed by atoms with van der Waals surface area (Å²) in [7, 11) is 0. The number of unbranched alkanes of at least 4 members (excludes halogenated alkanes) is 1. The van der Waals surface area contributed by atoms with Gasteiger partial charge in [-0.15, -0.1) is 0 Å². The highest BCUT2D eigenvalue weighted by atomic mass is 16.5. The highest BCUT2D eigenvalue weighted by Crippen LogP contribution is 2.20. The van der Waals surface area contributed by atoms with Crippen LogP contribution in [0.5, 0.6) is 5.75 Å². The summed E-state index contributed by atoms with van der Waals surface area (Å²) in [6.45, 7) is 7.93. The van der Waals surface area contributed by atoms with Gasteiger partial charge in [-0.1, -0.05) is 25.5 Å². The number of likely N-dealkylation sites (tertiary alicyclic amines) is 1. The highest BCUT2D eigenvalue weighted by molar-refractivity contribution is 5.81. The Balaban J connectivity index is 1.40.